The second-order valence-corrected chi connectivity index (χ2v) is 9.10. The molecule has 1 aliphatic heterocycles. The predicted octanol–water partition coefficient (Wildman–Crippen LogP) is 3.73. The second-order valence-electron chi connectivity index (χ2n) is 6.49. The van der Waals surface area contributed by atoms with E-state index in [0.29, 0.717) is 40.6 Å². The van der Waals surface area contributed by atoms with Crippen molar-refractivity contribution in [3.05, 3.63) is 45.2 Å². The van der Waals surface area contributed by atoms with Gasteiger partial charge in [-0.05, 0) is 30.5 Å². The number of hydrogen-bond acceptors (Lipinski definition) is 6. The fourth-order valence-electron chi connectivity index (χ4n) is 3.22. The van der Waals surface area contributed by atoms with Gasteiger partial charge in [0.25, 0.3) is 0 Å². The van der Waals surface area contributed by atoms with Crippen LogP contribution in [0.1, 0.15) is 40.5 Å². The lowest BCUT2D eigenvalue weighted by Gasteiger charge is -2.30. The van der Waals surface area contributed by atoms with E-state index >= 15 is 0 Å². The molecule has 150 valence electrons. The fourth-order valence-corrected chi connectivity index (χ4v) is 5.30. The van der Waals surface area contributed by atoms with E-state index in [2.05, 4.69) is 4.98 Å². The monoisotopic (exact) mass is 443 g/mol. The lowest BCUT2D eigenvalue weighted by molar-refractivity contribution is -0.128. The lowest BCUT2D eigenvalue weighted by atomic mass is 9.96. The van der Waals surface area contributed by atoms with Gasteiger partial charge in [-0.2, -0.15) is 0 Å². The Bertz CT molecular complexity index is 908. The molecule has 3 rings (SSSR count). The fraction of sp³-hybridized carbons (Fsp3) is 0.389. The van der Waals surface area contributed by atoms with E-state index in [-0.39, 0.29) is 28.5 Å². The quantitative estimate of drug-likeness (QED) is 0.633. The van der Waals surface area contributed by atoms with Gasteiger partial charge in [0.1, 0.15) is 5.82 Å². The van der Waals surface area contributed by atoms with Crippen molar-refractivity contribution in [1.29, 1.82) is 0 Å². The first-order valence-corrected chi connectivity index (χ1v) is 10.8. The summed E-state index contributed by atoms with van der Waals surface area (Å²) in [6.45, 7) is 2.11. The van der Waals surface area contributed by atoms with Crippen LogP contribution < -0.4 is 5.73 Å². The van der Waals surface area contributed by atoms with Gasteiger partial charge in [-0.15, -0.1) is 11.3 Å². The zero-order valence-electron chi connectivity index (χ0n) is 15.0. The molecule has 1 aliphatic rings. The zero-order chi connectivity index (χ0) is 20.4. The molecule has 2 aromatic rings. The summed E-state index contributed by atoms with van der Waals surface area (Å²) in [5.74, 6) is -0.866. The summed E-state index contributed by atoms with van der Waals surface area (Å²) in [6, 6.07) is 2.16. The zero-order valence-corrected chi connectivity index (χ0v) is 17.4. The van der Waals surface area contributed by atoms with Crippen LogP contribution in [0.15, 0.2) is 21.9 Å². The summed E-state index contributed by atoms with van der Waals surface area (Å²) in [5, 5.41) is 10.7. The molecule has 2 atom stereocenters. The largest absolute Gasteiger partial charge is 0.476 e. The minimum atomic E-state index is -1.06. The van der Waals surface area contributed by atoms with Crippen LogP contribution in [0.5, 0.6) is 0 Å². The van der Waals surface area contributed by atoms with Gasteiger partial charge in [0.15, 0.2) is 10.0 Å². The molecule has 0 spiro atoms. The van der Waals surface area contributed by atoms with Crippen LogP contribution in [0.2, 0.25) is 5.02 Å². The number of carbonyl (C=O) groups is 2. The number of halogens is 2. The van der Waals surface area contributed by atoms with Crippen LogP contribution in [0.25, 0.3) is 0 Å². The highest BCUT2D eigenvalue weighted by Crippen LogP contribution is 2.34. The van der Waals surface area contributed by atoms with Crippen molar-refractivity contribution in [3.8, 4) is 0 Å². The van der Waals surface area contributed by atoms with Gasteiger partial charge in [-0.25, -0.2) is 14.2 Å². The average molecular weight is 444 g/mol. The highest BCUT2D eigenvalue weighted by atomic mass is 35.5. The average Bonchev–Trinajstić information content (AvgIpc) is 3.25. The highest BCUT2D eigenvalue weighted by molar-refractivity contribution is 8.01. The maximum absolute atomic E-state index is 13.7. The molecule has 10 heteroatoms. The van der Waals surface area contributed by atoms with E-state index in [1.165, 1.54) is 34.5 Å². The first-order chi connectivity index (χ1) is 13.3. The maximum Gasteiger partial charge on any atom is 0.355 e. The number of nitrogens with two attached hydrogens (primary N) is 1. The number of thioether (sulfide) groups is 1. The number of rotatable bonds is 7. The van der Waals surface area contributed by atoms with Crippen LogP contribution in [0.3, 0.4) is 0 Å². The summed E-state index contributed by atoms with van der Waals surface area (Å²) in [5.41, 5.74) is 7.51. The number of carboxylic acid groups (broad SMARTS) is 1. The van der Waals surface area contributed by atoms with Gasteiger partial charge >= 0.3 is 5.97 Å². The van der Waals surface area contributed by atoms with E-state index in [0.717, 1.165) is 0 Å². The van der Waals surface area contributed by atoms with Gasteiger partial charge < -0.3 is 15.7 Å². The summed E-state index contributed by atoms with van der Waals surface area (Å²) < 4.78 is 14.3. The Hall–Kier alpha value is -1.68. The van der Waals surface area contributed by atoms with Crippen LogP contribution in [-0.4, -0.2) is 45.2 Å². The number of amides is 1. The number of thiazole rings is 1. The molecule has 1 fully saturated rings. The Kier molecular flexibility index (Phi) is 6.59. The number of benzene rings is 1. The smallest absolute Gasteiger partial charge is 0.355 e. The van der Waals surface area contributed by atoms with Crippen molar-refractivity contribution < 1.29 is 19.1 Å². The van der Waals surface area contributed by atoms with E-state index in [1.807, 2.05) is 0 Å². The molecule has 6 nitrogen and oxygen atoms in total. The summed E-state index contributed by atoms with van der Waals surface area (Å²) >= 11 is 8.85. The standard InChI is InChI=1S/C18H19ClFN3O3S2/c1-9-6-10(11(19)7-12(9)20)16(21)14-2-3-15(24)23(14)4-5-27-18-22-13(8-28-18)17(25)26/h6-8,14,16H,2-5,21H2,1H3,(H,25,26)/t14-,16?/m1/s1. The van der Waals surface area contributed by atoms with Crippen molar-refractivity contribution in [1.82, 2.24) is 9.88 Å². The number of aryl methyl sites for hydroxylation is 1. The Morgan fingerprint density at radius 3 is 3.00 bits per heavy atom. The molecule has 2 heterocycles. The molecule has 0 radical (unpaired) electrons. The number of hydrogen-bond donors (Lipinski definition) is 2. The Morgan fingerprint density at radius 2 is 2.32 bits per heavy atom. The lowest BCUT2D eigenvalue weighted by Crippen LogP contribution is -2.41. The van der Waals surface area contributed by atoms with Crippen molar-refractivity contribution >= 4 is 46.6 Å². The third kappa shape index (κ3) is 4.48. The van der Waals surface area contributed by atoms with Gasteiger partial charge in [0.2, 0.25) is 5.91 Å². The van der Waals surface area contributed by atoms with Crippen molar-refractivity contribution in [2.24, 2.45) is 5.73 Å². The molecule has 3 N–H and O–H groups in total. The van der Waals surface area contributed by atoms with E-state index in [1.54, 1.807) is 17.9 Å². The molecule has 0 aliphatic carbocycles. The van der Waals surface area contributed by atoms with Gasteiger partial charge in [-0.1, -0.05) is 29.4 Å². The third-order valence-corrected chi connectivity index (χ3v) is 7.01. The highest BCUT2D eigenvalue weighted by Gasteiger charge is 2.36. The Labute approximate surface area is 174 Å². The summed E-state index contributed by atoms with van der Waals surface area (Å²) in [4.78, 5) is 29.0. The maximum atomic E-state index is 13.7. The minimum absolute atomic E-state index is 0.0152. The second kappa shape index (κ2) is 8.77. The molecular formula is C18H19ClFN3O3S2. The molecular weight excluding hydrogens is 425 g/mol. The molecule has 1 amide bonds. The topological polar surface area (TPSA) is 96.5 Å². The number of nitrogens with zero attached hydrogens (tertiary/aromatic N) is 2. The molecule has 0 saturated carbocycles. The Morgan fingerprint density at radius 1 is 1.57 bits per heavy atom. The van der Waals surface area contributed by atoms with Gasteiger partial charge in [-0.3, -0.25) is 4.79 Å². The van der Waals surface area contributed by atoms with E-state index < -0.39 is 12.0 Å². The van der Waals surface area contributed by atoms with Crippen molar-refractivity contribution in [2.45, 2.75) is 36.2 Å². The van der Waals surface area contributed by atoms with Gasteiger partial charge in [0.05, 0.1) is 12.1 Å². The molecule has 1 saturated heterocycles. The molecule has 1 aromatic carbocycles. The minimum Gasteiger partial charge on any atom is -0.476 e. The van der Waals surface area contributed by atoms with E-state index in [4.69, 9.17) is 22.4 Å². The summed E-state index contributed by atoms with van der Waals surface area (Å²) in [7, 11) is 0. The van der Waals surface area contributed by atoms with Crippen molar-refractivity contribution in [3.63, 3.8) is 0 Å². The number of aromatic carboxylic acids is 1. The molecule has 28 heavy (non-hydrogen) atoms. The number of likely N-dealkylation sites (tertiary alicyclic amines) is 1. The van der Waals surface area contributed by atoms with Crippen LogP contribution >= 0.6 is 34.7 Å². The summed E-state index contributed by atoms with van der Waals surface area (Å²) in [6.07, 6.45) is 1.01. The number of carbonyl (C=O) groups excluding carboxylic acids is 1. The normalized spacial score (nSPS) is 17.9. The predicted molar refractivity (Wildman–Crippen MR) is 108 cm³/mol. The molecule has 1 unspecified atom stereocenters. The van der Waals surface area contributed by atoms with Crippen LogP contribution in [0.4, 0.5) is 4.39 Å². The van der Waals surface area contributed by atoms with E-state index in [9.17, 15) is 14.0 Å². The first kappa shape index (κ1) is 21.0. The third-order valence-electron chi connectivity index (χ3n) is 4.69. The van der Waals surface area contributed by atoms with Crippen LogP contribution in [-0.2, 0) is 4.79 Å². The number of carboxylic acids is 1. The van der Waals surface area contributed by atoms with Crippen LogP contribution in [0, 0.1) is 12.7 Å². The van der Waals surface area contributed by atoms with Gasteiger partial charge in [0, 0.05) is 29.1 Å². The Balaban J connectivity index is 1.67. The first-order valence-electron chi connectivity index (χ1n) is 8.60. The number of aromatic nitrogens is 1. The molecule has 0 bridgehead atoms. The molecule has 1 aromatic heterocycles. The van der Waals surface area contributed by atoms with Crippen molar-refractivity contribution in [2.75, 3.05) is 12.3 Å². The SMILES string of the molecule is Cc1cc(C(N)[C@H]2CCC(=O)N2CCSc2nc(C(=O)O)cs2)c(Cl)cc1F.